The van der Waals surface area contributed by atoms with E-state index in [1.807, 2.05) is 6.92 Å². The quantitative estimate of drug-likeness (QED) is 0.828. The highest BCUT2D eigenvalue weighted by molar-refractivity contribution is 6.32. The highest BCUT2D eigenvalue weighted by Gasteiger charge is 2.51. The molecule has 102 valence electrons. The van der Waals surface area contributed by atoms with Gasteiger partial charge in [0.1, 0.15) is 0 Å². The molecule has 1 unspecified atom stereocenters. The molecule has 1 fully saturated rings. The van der Waals surface area contributed by atoms with Crippen LogP contribution in [0.2, 0.25) is 5.02 Å². The van der Waals surface area contributed by atoms with Crippen molar-refractivity contribution in [2.24, 2.45) is 5.92 Å². The molecule has 3 nitrogen and oxygen atoms in total. The van der Waals surface area contributed by atoms with E-state index in [9.17, 15) is 9.90 Å². The first-order valence-corrected chi connectivity index (χ1v) is 7.26. The fourth-order valence-electron chi connectivity index (χ4n) is 3.42. The average molecular weight is 280 g/mol. The molecule has 1 heterocycles. The molecule has 0 aromatic heterocycles. The number of nitrogens with one attached hydrogen (secondary N) is 1. The maximum atomic E-state index is 12.3. The molecule has 2 N–H and O–H groups in total. The Hall–Kier alpha value is -1.06. The van der Waals surface area contributed by atoms with E-state index in [4.69, 9.17) is 11.6 Å². The second-order valence-electron chi connectivity index (χ2n) is 5.65. The highest BCUT2D eigenvalue weighted by atomic mass is 35.5. The van der Waals surface area contributed by atoms with Crippen molar-refractivity contribution in [1.29, 1.82) is 0 Å². The second kappa shape index (κ2) is 4.50. The van der Waals surface area contributed by atoms with Gasteiger partial charge in [0.2, 0.25) is 0 Å². The first-order chi connectivity index (χ1) is 9.05. The van der Waals surface area contributed by atoms with Gasteiger partial charge in [-0.1, -0.05) is 36.9 Å². The summed E-state index contributed by atoms with van der Waals surface area (Å²) in [5, 5.41) is 14.4. The number of anilines is 1. The van der Waals surface area contributed by atoms with Crippen LogP contribution in [-0.4, -0.2) is 11.0 Å². The Morgan fingerprint density at radius 3 is 2.68 bits per heavy atom. The number of carbonyl (C=O) groups excluding carboxylic acids is 1. The highest BCUT2D eigenvalue weighted by Crippen LogP contribution is 2.48. The number of hydrogen-bond donors (Lipinski definition) is 2. The lowest BCUT2D eigenvalue weighted by atomic mass is 9.74. The standard InChI is InChI=1S/C15H18ClNO2/c1-9-12(16)8-7-11-13(9)17-14(18)15(11,19)10-5-3-2-4-6-10/h7-8,10,19H,2-6H2,1H3,(H,17,18). The normalized spacial score (nSPS) is 27.2. The van der Waals surface area contributed by atoms with Gasteiger partial charge in [-0.2, -0.15) is 0 Å². The van der Waals surface area contributed by atoms with Crippen LogP contribution in [0.5, 0.6) is 0 Å². The molecule has 1 saturated carbocycles. The first-order valence-electron chi connectivity index (χ1n) is 6.88. The van der Waals surface area contributed by atoms with Crippen LogP contribution >= 0.6 is 11.6 Å². The molecule has 0 spiro atoms. The van der Waals surface area contributed by atoms with Crippen LogP contribution in [0.4, 0.5) is 5.69 Å². The maximum absolute atomic E-state index is 12.3. The number of halogens is 1. The number of amides is 1. The van der Waals surface area contributed by atoms with Gasteiger partial charge in [-0.3, -0.25) is 4.79 Å². The first kappa shape index (κ1) is 12.9. The van der Waals surface area contributed by atoms with Crippen molar-refractivity contribution in [2.75, 3.05) is 5.32 Å². The number of rotatable bonds is 1. The molecule has 0 bridgehead atoms. The van der Waals surface area contributed by atoms with Gasteiger partial charge in [0.15, 0.2) is 5.60 Å². The summed E-state index contributed by atoms with van der Waals surface area (Å²) >= 11 is 6.09. The predicted molar refractivity (Wildman–Crippen MR) is 75.3 cm³/mol. The third-order valence-electron chi connectivity index (χ3n) is 4.59. The fraction of sp³-hybridized carbons (Fsp3) is 0.533. The molecule has 1 aromatic carbocycles. The van der Waals surface area contributed by atoms with Crippen molar-refractivity contribution >= 4 is 23.2 Å². The minimum Gasteiger partial charge on any atom is -0.375 e. The van der Waals surface area contributed by atoms with E-state index in [0.29, 0.717) is 16.3 Å². The van der Waals surface area contributed by atoms with E-state index in [-0.39, 0.29) is 11.8 Å². The van der Waals surface area contributed by atoms with Crippen LogP contribution in [0.3, 0.4) is 0 Å². The van der Waals surface area contributed by atoms with Gasteiger partial charge < -0.3 is 10.4 Å². The van der Waals surface area contributed by atoms with E-state index < -0.39 is 5.60 Å². The molecule has 1 aliphatic carbocycles. The summed E-state index contributed by atoms with van der Waals surface area (Å²) in [4.78, 5) is 12.3. The van der Waals surface area contributed by atoms with E-state index in [1.165, 1.54) is 6.42 Å². The topological polar surface area (TPSA) is 49.3 Å². The average Bonchev–Trinajstić information content (AvgIpc) is 2.69. The van der Waals surface area contributed by atoms with Crippen molar-refractivity contribution in [2.45, 2.75) is 44.6 Å². The third-order valence-corrected chi connectivity index (χ3v) is 5.00. The molecule has 1 aliphatic heterocycles. The number of benzene rings is 1. The molecule has 0 radical (unpaired) electrons. The Balaban J connectivity index is 2.09. The molecule has 3 rings (SSSR count). The molecule has 1 amide bonds. The Kier molecular flexibility index (Phi) is 3.06. The lowest BCUT2D eigenvalue weighted by molar-refractivity contribution is -0.141. The number of hydrogen-bond acceptors (Lipinski definition) is 2. The molecule has 1 aromatic rings. The van der Waals surface area contributed by atoms with Crippen molar-refractivity contribution in [3.8, 4) is 0 Å². The van der Waals surface area contributed by atoms with Gasteiger partial charge in [-0.15, -0.1) is 0 Å². The van der Waals surface area contributed by atoms with Crippen molar-refractivity contribution < 1.29 is 9.90 Å². The predicted octanol–water partition coefficient (Wildman–Crippen LogP) is 3.37. The van der Waals surface area contributed by atoms with Gasteiger partial charge in [-0.05, 0) is 31.4 Å². The van der Waals surface area contributed by atoms with Crippen LogP contribution in [-0.2, 0) is 10.4 Å². The minimum atomic E-state index is -1.37. The van der Waals surface area contributed by atoms with Crippen LogP contribution in [0, 0.1) is 12.8 Å². The summed E-state index contributed by atoms with van der Waals surface area (Å²) in [6.07, 6.45) is 5.18. The summed E-state index contributed by atoms with van der Waals surface area (Å²) in [5.74, 6) is -0.275. The molecular formula is C15H18ClNO2. The number of carbonyl (C=O) groups is 1. The molecule has 19 heavy (non-hydrogen) atoms. The maximum Gasteiger partial charge on any atom is 0.261 e. The van der Waals surface area contributed by atoms with E-state index in [1.54, 1.807) is 12.1 Å². The van der Waals surface area contributed by atoms with Crippen molar-refractivity contribution in [3.05, 3.63) is 28.3 Å². The summed E-state index contributed by atoms with van der Waals surface area (Å²) in [6, 6.07) is 3.56. The van der Waals surface area contributed by atoms with Crippen LogP contribution < -0.4 is 5.32 Å². The minimum absolute atomic E-state index is 0.0167. The van der Waals surface area contributed by atoms with Crippen LogP contribution in [0.25, 0.3) is 0 Å². The number of fused-ring (bicyclic) bond motifs is 1. The summed E-state index contributed by atoms with van der Waals surface area (Å²) in [7, 11) is 0. The van der Waals surface area contributed by atoms with E-state index >= 15 is 0 Å². The van der Waals surface area contributed by atoms with E-state index in [2.05, 4.69) is 5.32 Å². The van der Waals surface area contributed by atoms with Crippen molar-refractivity contribution in [1.82, 2.24) is 0 Å². The molecular weight excluding hydrogens is 262 g/mol. The Morgan fingerprint density at radius 2 is 2.00 bits per heavy atom. The van der Waals surface area contributed by atoms with Crippen LogP contribution in [0.15, 0.2) is 12.1 Å². The summed E-state index contributed by atoms with van der Waals surface area (Å²) in [5.41, 5.74) is 0.863. The smallest absolute Gasteiger partial charge is 0.261 e. The molecule has 1 atom stereocenters. The molecule has 0 saturated heterocycles. The zero-order valence-corrected chi connectivity index (χ0v) is 11.8. The van der Waals surface area contributed by atoms with Crippen molar-refractivity contribution in [3.63, 3.8) is 0 Å². The SMILES string of the molecule is Cc1c(Cl)ccc2c1NC(=O)C2(O)C1CCCCC1. The van der Waals surface area contributed by atoms with Crippen LogP contribution in [0.1, 0.15) is 43.2 Å². The summed E-state index contributed by atoms with van der Waals surface area (Å²) in [6.45, 7) is 1.87. The van der Waals surface area contributed by atoms with E-state index in [0.717, 1.165) is 31.2 Å². The lowest BCUT2D eigenvalue weighted by Gasteiger charge is -2.33. The zero-order chi connectivity index (χ0) is 13.6. The fourth-order valence-corrected chi connectivity index (χ4v) is 3.58. The van der Waals surface area contributed by atoms with Gasteiger partial charge in [0.05, 0.1) is 5.69 Å². The second-order valence-corrected chi connectivity index (χ2v) is 6.06. The zero-order valence-electron chi connectivity index (χ0n) is 11.0. The van der Waals surface area contributed by atoms with Gasteiger partial charge in [0, 0.05) is 16.5 Å². The monoisotopic (exact) mass is 279 g/mol. The lowest BCUT2D eigenvalue weighted by Crippen LogP contribution is -2.42. The summed E-state index contributed by atoms with van der Waals surface area (Å²) < 4.78 is 0. The Morgan fingerprint density at radius 1 is 1.32 bits per heavy atom. The van der Waals surface area contributed by atoms with Gasteiger partial charge >= 0.3 is 0 Å². The largest absolute Gasteiger partial charge is 0.375 e. The van der Waals surface area contributed by atoms with Gasteiger partial charge in [-0.25, -0.2) is 0 Å². The number of aliphatic hydroxyl groups is 1. The van der Waals surface area contributed by atoms with Gasteiger partial charge in [0.25, 0.3) is 5.91 Å². The Labute approximate surface area is 118 Å². The molecule has 4 heteroatoms. The third kappa shape index (κ3) is 1.79. The molecule has 2 aliphatic rings. The Bertz CT molecular complexity index is 537.